The smallest absolute Gasteiger partial charge is 0.460 e. The van der Waals surface area contributed by atoms with Crippen molar-refractivity contribution in [3.8, 4) is 17.1 Å². The van der Waals surface area contributed by atoms with Crippen molar-refractivity contribution >= 4 is 12.4 Å². The highest BCUT2D eigenvalue weighted by Crippen LogP contribution is 2.29. The SMILES string of the molecule is CNCCN(C)Cc1ccc(-c2cccc(OC(F)(F)F)c2)o1.Cl. The lowest BCUT2D eigenvalue weighted by atomic mass is 10.1. The Kier molecular flexibility index (Phi) is 7.59. The maximum atomic E-state index is 12.3. The average molecular weight is 365 g/mol. The third-order valence-corrected chi connectivity index (χ3v) is 3.18. The minimum Gasteiger partial charge on any atom is -0.460 e. The molecule has 0 aliphatic rings. The minimum absolute atomic E-state index is 0. The molecule has 0 atom stereocenters. The number of benzene rings is 1. The minimum atomic E-state index is -4.71. The fourth-order valence-electron chi connectivity index (χ4n) is 2.11. The van der Waals surface area contributed by atoms with E-state index in [0.717, 1.165) is 18.8 Å². The van der Waals surface area contributed by atoms with E-state index in [9.17, 15) is 13.2 Å². The van der Waals surface area contributed by atoms with Gasteiger partial charge in [0.05, 0.1) is 6.54 Å². The maximum Gasteiger partial charge on any atom is 0.573 e. The third-order valence-electron chi connectivity index (χ3n) is 3.18. The molecule has 4 nitrogen and oxygen atoms in total. The van der Waals surface area contributed by atoms with Crippen LogP contribution in [0.15, 0.2) is 40.8 Å². The first kappa shape index (κ1) is 20.3. The van der Waals surface area contributed by atoms with Crippen LogP contribution in [0.4, 0.5) is 13.2 Å². The fourth-order valence-corrected chi connectivity index (χ4v) is 2.11. The van der Waals surface area contributed by atoms with Crippen LogP contribution in [0.5, 0.6) is 5.75 Å². The molecule has 0 saturated carbocycles. The van der Waals surface area contributed by atoms with Gasteiger partial charge in [-0.05, 0) is 38.4 Å². The monoisotopic (exact) mass is 364 g/mol. The molecule has 1 aromatic carbocycles. The molecule has 0 fully saturated rings. The Morgan fingerprint density at radius 2 is 1.96 bits per heavy atom. The lowest BCUT2D eigenvalue weighted by Crippen LogP contribution is -2.26. The van der Waals surface area contributed by atoms with Gasteiger partial charge in [0.2, 0.25) is 0 Å². The van der Waals surface area contributed by atoms with E-state index in [4.69, 9.17) is 4.42 Å². The number of hydrogen-bond donors (Lipinski definition) is 1. The molecule has 0 bridgehead atoms. The molecule has 1 heterocycles. The molecule has 24 heavy (non-hydrogen) atoms. The molecule has 8 heteroatoms. The van der Waals surface area contributed by atoms with Crippen LogP contribution in [0.2, 0.25) is 0 Å². The Balaban J connectivity index is 0.00000288. The molecule has 0 aliphatic carbocycles. The van der Waals surface area contributed by atoms with Gasteiger partial charge in [-0.1, -0.05) is 12.1 Å². The lowest BCUT2D eigenvalue weighted by molar-refractivity contribution is -0.274. The Morgan fingerprint density at radius 3 is 2.62 bits per heavy atom. The molecule has 0 unspecified atom stereocenters. The number of nitrogens with one attached hydrogen (secondary N) is 1. The summed E-state index contributed by atoms with van der Waals surface area (Å²) in [5.41, 5.74) is 0.538. The van der Waals surface area contributed by atoms with Gasteiger partial charge in [-0.3, -0.25) is 4.90 Å². The van der Waals surface area contributed by atoms with Crippen LogP contribution in [-0.2, 0) is 6.54 Å². The molecule has 0 spiro atoms. The number of likely N-dealkylation sites (N-methyl/N-ethyl adjacent to an activating group) is 2. The van der Waals surface area contributed by atoms with Crippen LogP contribution in [0.3, 0.4) is 0 Å². The molecular formula is C16H20ClF3N2O2. The number of hydrogen-bond acceptors (Lipinski definition) is 4. The first-order valence-electron chi connectivity index (χ1n) is 7.15. The van der Waals surface area contributed by atoms with Crippen molar-refractivity contribution in [3.05, 3.63) is 42.2 Å². The van der Waals surface area contributed by atoms with E-state index >= 15 is 0 Å². The predicted octanol–water partition coefficient (Wildman–Crippen LogP) is 3.92. The van der Waals surface area contributed by atoms with Crippen LogP contribution in [-0.4, -0.2) is 38.4 Å². The quantitative estimate of drug-likeness (QED) is 0.808. The zero-order valence-corrected chi connectivity index (χ0v) is 14.2. The van der Waals surface area contributed by atoms with Gasteiger partial charge in [-0.2, -0.15) is 0 Å². The average Bonchev–Trinajstić information content (AvgIpc) is 2.92. The van der Waals surface area contributed by atoms with Gasteiger partial charge in [0.25, 0.3) is 0 Å². The largest absolute Gasteiger partial charge is 0.573 e. The van der Waals surface area contributed by atoms with E-state index in [1.165, 1.54) is 18.2 Å². The molecule has 0 radical (unpaired) electrons. The van der Waals surface area contributed by atoms with Gasteiger partial charge in [-0.15, -0.1) is 25.6 Å². The topological polar surface area (TPSA) is 37.6 Å². The van der Waals surface area contributed by atoms with E-state index in [0.29, 0.717) is 17.9 Å². The Labute approximate surface area is 145 Å². The van der Waals surface area contributed by atoms with E-state index in [-0.39, 0.29) is 18.2 Å². The summed E-state index contributed by atoms with van der Waals surface area (Å²) < 4.78 is 46.4. The number of alkyl halides is 3. The van der Waals surface area contributed by atoms with Gasteiger partial charge in [-0.25, -0.2) is 0 Å². The lowest BCUT2D eigenvalue weighted by Gasteiger charge is -2.14. The second kappa shape index (κ2) is 8.96. The number of nitrogens with zero attached hydrogens (tertiary/aromatic N) is 1. The highest BCUT2D eigenvalue weighted by molar-refractivity contribution is 5.85. The number of rotatable bonds is 7. The van der Waals surface area contributed by atoms with Crippen molar-refractivity contribution in [1.82, 2.24) is 10.2 Å². The van der Waals surface area contributed by atoms with E-state index in [1.54, 1.807) is 12.1 Å². The Morgan fingerprint density at radius 1 is 1.21 bits per heavy atom. The zero-order valence-electron chi connectivity index (χ0n) is 13.4. The number of ether oxygens (including phenoxy) is 1. The van der Waals surface area contributed by atoms with Gasteiger partial charge >= 0.3 is 6.36 Å². The molecule has 2 aromatic rings. The highest BCUT2D eigenvalue weighted by atomic mass is 35.5. The maximum absolute atomic E-state index is 12.3. The van der Waals surface area contributed by atoms with Crippen molar-refractivity contribution in [1.29, 1.82) is 0 Å². The number of halogens is 4. The van der Waals surface area contributed by atoms with Crippen LogP contribution in [0.1, 0.15) is 5.76 Å². The summed E-state index contributed by atoms with van der Waals surface area (Å²) in [6.45, 7) is 2.35. The van der Waals surface area contributed by atoms with Gasteiger partial charge < -0.3 is 14.5 Å². The molecule has 0 aliphatic heterocycles. The molecular weight excluding hydrogens is 345 g/mol. The molecule has 0 amide bonds. The summed E-state index contributed by atoms with van der Waals surface area (Å²) in [5.74, 6) is 0.995. The summed E-state index contributed by atoms with van der Waals surface area (Å²) in [6.07, 6.45) is -4.71. The summed E-state index contributed by atoms with van der Waals surface area (Å²) in [6, 6.07) is 9.30. The van der Waals surface area contributed by atoms with Crippen molar-refractivity contribution in [2.75, 3.05) is 27.2 Å². The van der Waals surface area contributed by atoms with Crippen LogP contribution in [0.25, 0.3) is 11.3 Å². The first-order chi connectivity index (χ1) is 10.9. The molecule has 2 rings (SSSR count). The predicted molar refractivity (Wildman–Crippen MR) is 88.3 cm³/mol. The molecule has 1 N–H and O–H groups in total. The second-order valence-corrected chi connectivity index (χ2v) is 5.18. The first-order valence-corrected chi connectivity index (χ1v) is 7.15. The van der Waals surface area contributed by atoms with Crippen molar-refractivity contribution in [3.63, 3.8) is 0 Å². The van der Waals surface area contributed by atoms with Gasteiger partial charge in [0, 0.05) is 18.7 Å². The van der Waals surface area contributed by atoms with E-state index in [1.807, 2.05) is 20.2 Å². The standard InChI is InChI=1S/C16H19F3N2O2.ClH/c1-20-8-9-21(2)11-14-6-7-15(22-14)12-4-3-5-13(10-12)23-16(17,18)19;/h3-7,10,20H,8-9,11H2,1-2H3;1H. The van der Waals surface area contributed by atoms with Crippen molar-refractivity contribution < 1.29 is 22.3 Å². The fraction of sp³-hybridized carbons (Fsp3) is 0.375. The van der Waals surface area contributed by atoms with E-state index in [2.05, 4.69) is 15.0 Å². The Hall–Kier alpha value is -1.70. The summed E-state index contributed by atoms with van der Waals surface area (Å²) >= 11 is 0. The summed E-state index contributed by atoms with van der Waals surface area (Å²) in [7, 11) is 3.85. The van der Waals surface area contributed by atoms with Gasteiger partial charge in [0.15, 0.2) is 0 Å². The molecule has 0 saturated heterocycles. The van der Waals surface area contributed by atoms with Crippen LogP contribution < -0.4 is 10.1 Å². The van der Waals surface area contributed by atoms with Crippen LogP contribution >= 0.6 is 12.4 Å². The molecule has 1 aromatic heterocycles. The summed E-state index contributed by atoms with van der Waals surface area (Å²) in [5, 5.41) is 3.06. The highest BCUT2D eigenvalue weighted by Gasteiger charge is 2.31. The zero-order chi connectivity index (χ0) is 16.9. The summed E-state index contributed by atoms with van der Waals surface area (Å²) in [4.78, 5) is 2.09. The molecule has 134 valence electrons. The second-order valence-electron chi connectivity index (χ2n) is 5.18. The van der Waals surface area contributed by atoms with Crippen LogP contribution in [0, 0.1) is 0 Å². The third kappa shape index (κ3) is 6.43. The Bertz CT molecular complexity index is 632. The number of furan rings is 1. The van der Waals surface area contributed by atoms with Crippen molar-refractivity contribution in [2.45, 2.75) is 12.9 Å². The van der Waals surface area contributed by atoms with Crippen molar-refractivity contribution in [2.24, 2.45) is 0 Å². The normalized spacial score (nSPS) is 11.4. The van der Waals surface area contributed by atoms with Gasteiger partial charge in [0.1, 0.15) is 17.3 Å². The van der Waals surface area contributed by atoms with E-state index < -0.39 is 6.36 Å².